The van der Waals surface area contributed by atoms with E-state index in [-0.39, 0.29) is 43.0 Å². The van der Waals surface area contributed by atoms with Crippen LogP contribution in [0.4, 0.5) is 0 Å². The van der Waals surface area contributed by atoms with Gasteiger partial charge in [0.15, 0.2) is 4.47 Å². The Kier molecular flexibility index (Phi) is 7.97. The van der Waals surface area contributed by atoms with E-state index in [1.54, 1.807) is 19.1 Å². The largest absolute Gasteiger partial charge is 0.358 e. The lowest BCUT2D eigenvalue weighted by molar-refractivity contribution is -0.121. The molecule has 3 amide bonds. The number of aromatic nitrogens is 1. The number of carbonyl (C=O) groups is 3. The number of thiazole rings is 1. The summed E-state index contributed by atoms with van der Waals surface area (Å²) in [7, 11) is 1.50. The molecule has 2 N–H and O–H groups in total. The zero-order valence-electron chi connectivity index (χ0n) is 15.6. The Hall–Kier alpha value is -1.97. The highest BCUT2D eigenvalue weighted by Crippen LogP contribution is 2.23. The molecule has 0 saturated carbocycles. The Morgan fingerprint density at radius 2 is 2.00 bits per heavy atom. The number of halogens is 2. The van der Waals surface area contributed by atoms with E-state index in [0.717, 1.165) is 5.56 Å². The normalized spacial score (nSPS) is 10.5. The standard InChI is InChI=1S/C18H20BrClN4O3S/c1-10-5-4-6-12(14(10)19)17(27)24(9-13(25)21-3)8-7-22-16(26)15-11(2)28-18(20)23-15/h4-6H,7-9H2,1-3H3,(H,21,25)(H,22,26). The fourth-order valence-electron chi connectivity index (χ4n) is 2.45. The maximum Gasteiger partial charge on any atom is 0.271 e. The average Bonchev–Trinajstić information content (AvgIpc) is 3.00. The third kappa shape index (κ3) is 5.52. The summed E-state index contributed by atoms with van der Waals surface area (Å²) in [4.78, 5) is 43.2. The van der Waals surface area contributed by atoms with Crippen molar-refractivity contribution in [3.8, 4) is 0 Å². The van der Waals surface area contributed by atoms with Gasteiger partial charge < -0.3 is 15.5 Å². The first-order chi connectivity index (χ1) is 13.2. The highest BCUT2D eigenvalue weighted by Gasteiger charge is 2.22. The molecule has 0 aliphatic carbocycles. The SMILES string of the molecule is CNC(=O)CN(CCNC(=O)c1nc(Cl)sc1C)C(=O)c1cccc(C)c1Br. The molecule has 28 heavy (non-hydrogen) atoms. The fourth-order valence-corrected chi connectivity index (χ4v) is 3.94. The number of amides is 3. The molecule has 2 rings (SSSR count). The molecule has 10 heteroatoms. The topological polar surface area (TPSA) is 91.4 Å². The number of hydrogen-bond donors (Lipinski definition) is 2. The Morgan fingerprint density at radius 1 is 1.29 bits per heavy atom. The minimum Gasteiger partial charge on any atom is -0.358 e. The van der Waals surface area contributed by atoms with Crippen LogP contribution in [0.25, 0.3) is 0 Å². The molecule has 0 bridgehead atoms. The number of hydrogen-bond acceptors (Lipinski definition) is 5. The van der Waals surface area contributed by atoms with E-state index in [4.69, 9.17) is 11.6 Å². The van der Waals surface area contributed by atoms with Crippen LogP contribution in [-0.2, 0) is 4.79 Å². The van der Waals surface area contributed by atoms with E-state index < -0.39 is 0 Å². The predicted molar refractivity (Wildman–Crippen MR) is 113 cm³/mol. The van der Waals surface area contributed by atoms with E-state index in [2.05, 4.69) is 31.5 Å². The second-order valence-electron chi connectivity index (χ2n) is 5.96. The minimum atomic E-state index is -0.371. The number of nitrogens with one attached hydrogen (secondary N) is 2. The first-order valence-corrected chi connectivity index (χ1v) is 10.4. The molecular weight excluding hydrogens is 468 g/mol. The Balaban J connectivity index is 2.09. The first-order valence-electron chi connectivity index (χ1n) is 8.40. The molecule has 2 aromatic rings. The molecular formula is C18H20BrClN4O3S. The lowest BCUT2D eigenvalue weighted by Gasteiger charge is -2.23. The highest BCUT2D eigenvalue weighted by atomic mass is 79.9. The van der Waals surface area contributed by atoms with Gasteiger partial charge in [-0.2, -0.15) is 0 Å². The van der Waals surface area contributed by atoms with Crippen LogP contribution in [0.1, 0.15) is 31.3 Å². The molecule has 0 atom stereocenters. The van der Waals surface area contributed by atoms with Crippen molar-refractivity contribution in [2.45, 2.75) is 13.8 Å². The van der Waals surface area contributed by atoms with E-state index in [9.17, 15) is 14.4 Å². The van der Waals surface area contributed by atoms with Gasteiger partial charge in [-0.3, -0.25) is 14.4 Å². The third-order valence-corrected chi connectivity index (χ3v) is 6.10. The maximum absolute atomic E-state index is 12.9. The van der Waals surface area contributed by atoms with Gasteiger partial charge >= 0.3 is 0 Å². The second-order valence-corrected chi connectivity index (χ2v) is 8.54. The van der Waals surface area contributed by atoms with Gasteiger partial charge in [0.2, 0.25) is 5.91 Å². The molecule has 0 spiro atoms. The van der Waals surface area contributed by atoms with Gasteiger partial charge in [-0.1, -0.05) is 23.7 Å². The van der Waals surface area contributed by atoms with Gasteiger partial charge in [-0.25, -0.2) is 4.98 Å². The maximum atomic E-state index is 12.9. The van der Waals surface area contributed by atoms with E-state index in [0.29, 0.717) is 19.4 Å². The second kappa shape index (κ2) is 9.99. The van der Waals surface area contributed by atoms with Crippen molar-refractivity contribution < 1.29 is 14.4 Å². The molecule has 1 aromatic carbocycles. The van der Waals surface area contributed by atoms with Gasteiger partial charge in [0.1, 0.15) is 5.69 Å². The van der Waals surface area contributed by atoms with Crippen molar-refractivity contribution in [2.24, 2.45) is 0 Å². The number of benzene rings is 1. The summed E-state index contributed by atoms with van der Waals surface area (Å²) < 4.78 is 0.974. The molecule has 0 saturated heterocycles. The van der Waals surface area contributed by atoms with Gasteiger partial charge in [0.25, 0.3) is 11.8 Å². The quantitative estimate of drug-likeness (QED) is 0.628. The summed E-state index contributed by atoms with van der Waals surface area (Å²) >= 11 is 10.5. The molecule has 1 heterocycles. The van der Waals surface area contributed by atoms with Crippen LogP contribution in [0.5, 0.6) is 0 Å². The molecule has 0 unspecified atom stereocenters. The van der Waals surface area contributed by atoms with E-state index in [1.807, 2.05) is 13.0 Å². The van der Waals surface area contributed by atoms with Gasteiger partial charge in [0, 0.05) is 29.5 Å². The van der Waals surface area contributed by atoms with Crippen LogP contribution >= 0.6 is 38.9 Å². The molecule has 0 aliphatic heterocycles. The first kappa shape index (κ1) is 22.3. The van der Waals surface area contributed by atoms with Crippen LogP contribution in [0, 0.1) is 13.8 Å². The molecule has 1 aromatic heterocycles. The van der Waals surface area contributed by atoms with Crippen molar-refractivity contribution in [3.05, 3.63) is 48.8 Å². The van der Waals surface area contributed by atoms with Gasteiger partial charge in [-0.05, 0) is 41.4 Å². The van der Waals surface area contributed by atoms with Crippen LogP contribution in [-0.4, -0.2) is 54.3 Å². The smallest absolute Gasteiger partial charge is 0.271 e. The number of carbonyl (C=O) groups excluding carboxylic acids is 3. The van der Waals surface area contributed by atoms with Crippen molar-refractivity contribution >= 4 is 56.6 Å². The lowest BCUT2D eigenvalue weighted by Crippen LogP contribution is -2.44. The molecule has 0 aliphatic rings. The predicted octanol–water partition coefficient (Wildman–Crippen LogP) is 2.79. The number of aryl methyl sites for hydroxylation is 2. The van der Waals surface area contributed by atoms with Crippen molar-refractivity contribution in [1.29, 1.82) is 0 Å². The van der Waals surface area contributed by atoms with Crippen LogP contribution in [0.2, 0.25) is 4.47 Å². The fraction of sp³-hybridized carbons (Fsp3) is 0.333. The van der Waals surface area contributed by atoms with Crippen molar-refractivity contribution in [3.63, 3.8) is 0 Å². The highest BCUT2D eigenvalue weighted by molar-refractivity contribution is 9.10. The molecule has 0 fully saturated rings. The third-order valence-electron chi connectivity index (χ3n) is 3.98. The summed E-state index contributed by atoms with van der Waals surface area (Å²) in [6, 6.07) is 5.35. The Labute approximate surface area is 180 Å². The van der Waals surface area contributed by atoms with Crippen LogP contribution in [0.3, 0.4) is 0 Å². The Bertz CT molecular complexity index is 903. The van der Waals surface area contributed by atoms with Crippen LogP contribution < -0.4 is 10.6 Å². The van der Waals surface area contributed by atoms with Crippen LogP contribution in [0.15, 0.2) is 22.7 Å². The minimum absolute atomic E-state index is 0.118. The summed E-state index contributed by atoms with van der Waals surface area (Å²) in [6.07, 6.45) is 0. The number of likely N-dealkylation sites (N-methyl/N-ethyl adjacent to an activating group) is 1. The molecule has 0 radical (unpaired) electrons. The lowest BCUT2D eigenvalue weighted by atomic mass is 10.1. The summed E-state index contributed by atoms with van der Waals surface area (Å²) in [5.41, 5.74) is 1.63. The van der Waals surface area contributed by atoms with Crippen molar-refractivity contribution in [2.75, 3.05) is 26.7 Å². The van der Waals surface area contributed by atoms with Crippen molar-refractivity contribution in [1.82, 2.24) is 20.5 Å². The van der Waals surface area contributed by atoms with E-state index >= 15 is 0 Å². The van der Waals surface area contributed by atoms with Gasteiger partial charge in [-0.15, -0.1) is 11.3 Å². The average molecular weight is 488 g/mol. The molecule has 150 valence electrons. The zero-order valence-corrected chi connectivity index (χ0v) is 18.8. The Morgan fingerprint density at radius 3 is 2.61 bits per heavy atom. The number of nitrogens with zero attached hydrogens (tertiary/aromatic N) is 2. The zero-order chi connectivity index (χ0) is 20.8. The van der Waals surface area contributed by atoms with E-state index in [1.165, 1.54) is 23.3 Å². The molecule has 7 nitrogen and oxygen atoms in total. The summed E-state index contributed by atoms with van der Waals surface area (Å²) in [6.45, 7) is 3.85. The monoisotopic (exact) mass is 486 g/mol. The summed E-state index contributed by atoms with van der Waals surface area (Å²) in [5, 5.41) is 5.22. The number of rotatable bonds is 7. The van der Waals surface area contributed by atoms with Gasteiger partial charge in [0.05, 0.1) is 12.1 Å². The summed E-state index contributed by atoms with van der Waals surface area (Å²) in [5.74, 6) is -0.975.